The first-order valence-electron chi connectivity index (χ1n) is 11.3. The molecule has 2 aliphatic heterocycles. The number of ether oxygens (including phenoxy) is 2. The van der Waals surface area contributed by atoms with Crippen molar-refractivity contribution in [1.82, 2.24) is 20.5 Å². The number of amides is 3. The van der Waals surface area contributed by atoms with E-state index in [-0.39, 0.29) is 23.8 Å². The highest BCUT2D eigenvalue weighted by molar-refractivity contribution is 7.17. The summed E-state index contributed by atoms with van der Waals surface area (Å²) in [6.45, 7) is 11.2. The molecule has 3 amide bonds. The van der Waals surface area contributed by atoms with E-state index >= 15 is 0 Å². The van der Waals surface area contributed by atoms with Crippen molar-refractivity contribution in [3.05, 3.63) is 10.6 Å². The lowest BCUT2D eigenvalue weighted by molar-refractivity contribution is -0.148. The summed E-state index contributed by atoms with van der Waals surface area (Å²) in [6.07, 6.45) is -0.780. The Morgan fingerprint density at radius 3 is 2.26 bits per heavy atom. The number of alkyl carbamates (subject to hydrolysis) is 1. The molecule has 0 aliphatic carbocycles. The Balaban J connectivity index is 1.72. The maximum absolute atomic E-state index is 13.4. The number of carbonyl (C=O) groups excluding carboxylic acids is 3. The predicted molar refractivity (Wildman–Crippen MR) is 126 cm³/mol. The number of anilines is 1. The fourth-order valence-electron chi connectivity index (χ4n) is 4.35. The van der Waals surface area contributed by atoms with Gasteiger partial charge in [0.15, 0.2) is 5.13 Å². The van der Waals surface area contributed by atoms with Gasteiger partial charge in [-0.15, -0.1) is 0 Å². The van der Waals surface area contributed by atoms with Gasteiger partial charge in [0.05, 0.1) is 24.5 Å². The number of nitrogens with one attached hydrogen (secondary N) is 2. The van der Waals surface area contributed by atoms with Gasteiger partial charge in [0.2, 0.25) is 5.91 Å². The summed E-state index contributed by atoms with van der Waals surface area (Å²) < 4.78 is 11.0. The second kappa shape index (κ2) is 9.67. The first kappa shape index (κ1) is 26.2. The van der Waals surface area contributed by atoms with Crippen LogP contribution >= 0.6 is 11.3 Å². The van der Waals surface area contributed by atoms with Gasteiger partial charge >= 0.3 is 6.09 Å². The number of aromatic nitrogens is 1. The van der Waals surface area contributed by atoms with E-state index in [0.29, 0.717) is 42.0 Å². The second-order valence-electron chi connectivity index (χ2n) is 10.5. The van der Waals surface area contributed by atoms with Crippen LogP contribution in [0.2, 0.25) is 0 Å². The van der Waals surface area contributed by atoms with Gasteiger partial charge in [-0.25, -0.2) is 9.78 Å². The molecule has 34 heavy (non-hydrogen) atoms. The number of hydrogen-bond donors (Lipinski definition) is 4. The fraction of sp³-hybridized carbons (Fsp3) is 0.727. The van der Waals surface area contributed by atoms with E-state index in [2.05, 4.69) is 15.6 Å². The number of hydrogen-bond acceptors (Lipinski definition) is 9. The van der Waals surface area contributed by atoms with Crippen molar-refractivity contribution in [3.63, 3.8) is 0 Å². The summed E-state index contributed by atoms with van der Waals surface area (Å²) in [5.74, 6) is -0.939. The van der Waals surface area contributed by atoms with Crippen LogP contribution in [-0.4, -0.2) is 82.5 Å². The first-order valence-corrected chi connectivity index (χ1v) is 12.1. The Kier molecular flexibility index (Phi) is 7.44. The van der Waals surface area contributed by atoms with E-state index < -0.39 is 29.2 Å². The topological polar surface area (TPSA) is 156 Å². The van der Waals surface area contributed by atoms with E-state index in [1.54, 1.807) is 32.6 Å². The summed E-state index contributed by atoms with van der Waals surface area (Å²) in [5.41, 5.74) is 4.04. The molecular formula is C22H35N5O6S. The number of nitrogens with two attached hydrogens (primary N) is 1. The Bertz CT molecular complexity index is 923. The molecule has 190 valence electrons. The second-order valence-corrected chi connectivity index (χ2v) is 11.5. The molecule has 3 atom stereocenters. The van der Waals surface area contributed by atoms with E-state index in [0.717, 1.165) is 11.3 Å². The standard InChI is InChI=1S/C22H35N5O6S/c1-11-15(34-19(23)24-11)17(28)25-14-12-7-27(8-13(14)10-32-9-12)18(29)16(22(5,6)31)26-20(30)33-21(2,3)4/h12-14,16,31H,7-10H2,1-6H3,(H2,23,24)(H,25,28)(H,26,30)/t12-,13-,16?/m1/s1. The highest BCUT2D eigenvalue weighted by Crippen LogP contribution is 2.30. The number of nitrogens with zero attached hydrogens (tertiary/aromatic N) is 2. The van der Waals surface area contributed by atoms with Crippen LogP contribution in [0.1, 0.15) is 50.0 Å². The molecule has 2 fully saturated rings. The maximum Gasteiger partial charge on any atom is 0.408 e. The van der Waals surface area contributed by atoms with Gasteiger partial charge < -0.3 is 35.8 Å². The van der Waals surface area contributed by atoms with Gasteiger partial charge in [0.1, 0.15) is 16.5 Å². The Hall–Kier alpha value is -2.44. The smallest absolute Gasteiger partial charge is 0.408 e. The lowest BCUT2D eigenvalue weighted by Crippen LogP contribution is -2.66. The fourth-order valence-corrected chi connectivity index (χ4v) is 5.08. The molecule has 12 heteroatoms. The van der Waals surface area contributed by atoms with Gasteiger partial charge in [-0.2, -0.15) is 0 Å². The largest absolute Gasteiger partial charge is 0.444 e. The Morgan fingerprint density at radius 1 is 1.21 bits per heavy atom. The summed E-state index contributed by atoms with van der Waals surface area (Å²) >= 11 is 1.14. The molecule has 1 aromatic rings. The maximum atomic E-state index is 13.4. The van der Waals surface area contributed by atoms with Crippen molar-refractivity contribution >= 4 is 34.4 Å². The molecule has 3 rings (SSSR count). The van der Waals surface area contributed by atoms with Crippen LogP contribution in [0.4, 0.5) is 9.93 Å². The lowest BCUT2D eigenvalue weighted by Gasteiger charge is -2.48. The summed E-state index contributed by atoms with van der Waals surface area (Å²) in [7, 11) is 0. The minimum absolute atomic E-state index is 0.144. The van der Waals surface area contributed by atoms with Crippen molar-refractivity contribution < 1.29 is 29.0 Å². The molecule has 11 nitrogen and oxygen atoms in total. The molecule has 0 spiro atoms. The number of nitrogen functional groups attached to an aromatic ring is 1. The van der Waals surface area contributed by atoms with E-state index in [4.69, 9.17) is 15.2 Å². The minimum atomic E-state index is -1.52. The normalized spacial score (nSPS) is 23.7. The Morgan fingerprint density at radius 2 is 1.79 bits per heavy atom. The number of piperidine rings is 1. The highest BCUT2D eigenvalue weighted by atomic mass is 32.1. The molecule has 0 saturated carbocycles. The average Bonchev–Trinajstić information content (AvgIpc) is 3.01. The summed E-state index contributed by atoms with van der Waals surface area (Å²) in [5, 5.41) is 16.6. The predicted octanol–water partition coefficient (Wildman–Crippen LogP) is 0.901. The highest BCUT2D eigenvalue weighted by Gasteiger charge is 2.46. The Labute approximate surface area is 203 Å². The number of fused-ring (bicyclic) bond motifs is 2. The third-order valence-corrected chi connectivity index (χ3v) is 6.82. The van der Waals surface area contributed by atoms with Crippen LogP contribution in [0, 0.1) is 18.8 Å². The van der Waals surface area contributed by atoms with Crippen LogP contribution in [0.15, 0.2) is 0 Å². The van der Waals surface area contributed by atoms with Crippen molar-refractivity contribution in [2.75, 3.05) is 32.0 Å². The molecule has 2 bridgehead atoms. The number of aliphatic hydroxyl groups is 1. The summed E-state index contributed by atoms with van der Waals surface area (Å²) in [4.78, 5) is 44.8. The van der Waals surface area contributed by atoms with Crippen molar-refractivity contribution in [3.8, 4) is 0 Å². The summed E-state index contributed by atoms with van der Waals surface area (Å²) in [6, 6.07) is -1.38. The molecule has 2 aliphatic rings. The number of rotatable bonds is 5. The number of aryl methyl sites for hydroxylation is 1. The number of thiazole rings is 1. The molecule has 0 radical (unpaired) electrons. The molecular weight excluding hydrogens is 462 g/mol. The van der Waals surface area contributed by atoms with Crippen molar-refractivity contribution in [2.24, 2.45) is 11.8 Å². The number of likely N-dealkylation sites (tertiary alicyclic amines) is 1. The van der Waals surface area contributed by atoms with Crippen LogP contribution in [0.5, 0.6) is 0 Å². The van der Waals surface area contributed by atoms with Gasteiger partial charge in [-0.1, -0.05) is 11.3 Å². The van der Waals surface area contributed by atoms with E-state index in [1.165, 1.54) is 13.8 Å². The quantitative estimate of drug-likeness (QED) is 0.467. The van der Waals surface area contributed by atoms with Gasteiger partial charge in [0.25, 0.3) is 5.91 Å². The van der Waals surface area contributed by atoms with Crippen LogP contribution in [0.25, 0.3) is 0 Å². The number of carbonyl (C=O) groups is 3. The zero-order valence-electron chi connectivity index (χ0n) is 20.5. The van der Waals surface area contributed by atoms with Gasteiger partial charge in [0, 0.05) is 31.0 Å². The van der Waals surface area contributed by atoms with E-state index in [1.807, 2.05) is 0 Å². The third kappa shape index (κ3) is 6.16. The van der Waals surface area contributed by atoms with Crippen molar-refractivity contribution in [1.29, 1.82) is 0 Å². The molecule has 2 saturated heterocycles. The molecule has 5 N–H and O–H groups in total. The lowest BCUT2D eigenvalue weighted by atomic mass is 9.81. The SMILES string of the molecule is Cc1nc(N)sc1C(=O)NC1[C@H]2COC[C@H]1CN(C(=O)C(NC(=O)OC(C)(C)C)C(C)(C)O)C2. The molecule has 0 aromatic carbocycles. The van der Waals surface area contributed by atoms with Crippen LogP contribution in [-0.2, 0) is 14.3 Å². The zero-order valence-corrected chi connectivity index (χ0v) is 21.3. The zero-order chi connectivity index (χ0) is 25.4. The van der Waals surface area contributed by atoms with E-state index in [9.17, 15) is 19.5 Å². The average molecular weight is 498 g/mol. The minimum Gasteiger partial charge on any atom is -0.444 e. The monoisotopic (exact) mass is 497 g/mol. The molecule has 1 aromatic heterocycles. The van der Waals surface area contributed by atoms with Crippen LogP contribution in [0.3, 0.4) is 0 Å². The van der Waals surface area contributed by atoms with Gasteiger partial charge in [-0.3, -0.25) is 9.59 Å². The molecule has 3 heterocycles. The van der Waals surface area contributed by atoms with Crippen LogP contribution < -0.4 is 16.4 Å². The first-order chi connectivity index (χ1) is 15.7. The third-order valence-electron chi connectivity index (χ3n) is 5.83. The van der Waals surface area contributed by atoms with Crippen molar-refractivity contribution in [2.45, 2.75) is 64.8 Å². The molecule has 1 unspecified atom stereocenters. The van der Waals surface area contributed by atoms with Gasteiger partial charge in [-0.05, 0) is 41.5 Å².